The van der Waals surface area contributed by atoms with Gasteiger partial charge in [-0.15, -0.1) is 0 Å². The third-order valence-electron chi connectivity index (χ3n) is 2.57. The van der Waals surface area contributed by atoms with Gasteiger partial charge in [0.2, 0.25) is 0 Å². The first-order chi connectivity index (χ1) is 6.93. The van der Waals surface area contributed by atoms with Gasteiger partial charge in [-0.25, -0.2) is 0 Å². The van der Waals surface area contributed by atoms with Crippen LogP contribution in [0.15, 0.2) is 0 Å². The van der Waals surface area contributed by atoms with Gasteiger partial charge in [-0.1, -0.05) is 0 Å². The van der Waals surface area contributed by atoms with E-state index < -0.39 is 0 Å². The molecule has 84 valence electrons. The topological polar surface area (TPSA) is 21.3 Å². The molecule has 1 fully saturated rings. The van der Waals surface area contributed by atoms with Crippen LogP contribution in [0.1, 0.15) is 32.6 Å². The fraction of sp³-hybridized carbons (Fsp3) is 1.00. The van der Waals surface area contributed by atoms with Crippen LogP contribution in [0.5, 0.6) is 0 Å². The molecule has 0 aromatic rings. The Balaban J connectivity index is 1.82. The van der Waals surface area contributed by atoms with Gasteiger partial charge in [-0.2, -0.15) is 11.8 Å². The van der Waals surface area contributed by atoms with Gasteiger partial charge in [-0.3, -0.25) is 0 Å². The van der Waals surface area contributed by atoms with E-state index in [0.29, 0.717) is 0 Å². The van der Waals surface area contributed by atoms with Crippen molar-refractivity contribution in [2.75, 3.05) is 31.3 Å². The normalized spacial score (nSPS) is 18.6. The van der Waals surface area contributed by atoms with E-state index in [0.717, 1.165) is 19.3 Å². The zero-order chi connectivity index (χ0) is 10.1. The smallest absolute Gasteiger partial charge is 0.0466 e. The standard InChI is InChI=1S/C11H23NOS/c1-2-13-8-4-3-7-12-11-5-9-14-10-6-11/h11-12H,2-10H2,1H3. The van der Waals surface area contributed by atoms with E-state index in [9.17, 15) is 0 Å². The molecule has 1 aliphatic heterocycles. The Kier molecular flexibility index (Phi) is 7.55. The molecule has 0 bridgehead atoms. The van der Waals surface area contributed by atoms with Crippen LogP contribution in [0.4, 0.5) is 0 Å². The molecule has 1 saturated heterocycles. The monoisotopic (exact) mass is 217 g/mol. The third kappa shape index (κ3) is 5.89. The number of unbranched alkanes of at least 4 members (excludes halogenated alkanes) is 1. The number of ether oxygens (including phenoxy) is 1. The van der Waals surface area contributed by atoms with Crippen molar-refractivity contribution >= 4 is 11.8 Å². The van der Waals surface area contributed by atoms with Crippen molar-refractivity contribution in [1.29, 1.82) is 0 Å². The van der Waals surface area contributed by atoms with Crippen molar-refractivity contribution in [3.8, 4) is 0 Å². The molecule has 0 spiro atoms. The molecular weight excluding hydrogens is 194 g/mol. The lowest BCUT2D eigenvalue weighted by molar-refractivity contribution is 0.143. The molecule has 2 nitrogen and oxygen atoms in total. The zero-order valence-electron chi connectivity index (χ0n) is 9.26. The van der Waals surface area contributed by atoms with Crippen molar-refractivity contribution in [2.45, 2.75) is 38.6 Å². The molecule has 1 N–H and O–H groups in total. The van der Waals surface area contributed by atoms with Gasteiger partial charge >= 0.3 is 0 Å². The fourth-order valence-electron chi connectivity index (χ4n) is 1.68. The summed E-state index contributed by atoms with van der Waals surface area (Å²) in [6, 6.07) is 0.795. The van der Waals surface area contributed by atoms with E-state index in [4.69, 9.17) is 4.74 Å². The van der Waals surface area contributed by atoms with Crippen molar-refractivity contribution in [3.63, 3.8) is 0 Å². The van der Waals surface area contributed by atoms with Crippen molar-refractivity contribution in [1.82, 2.24) is 5.32 Å². The fourth-order valence-corrected chi connectivity index (χ4v) is 2.79. The average Bonchev–Trinajstić information content (AvgIpc) is 2.25. The minimum absolute atomic E-state index is 0.795. The summed E-state index contributed by atoms with van der Waals surface area (Å²) in [4.78, 5) is 0. The molecule has 1 aliphatic rings. The first kappa shape index (κ1) is 12.3. The van der Waals surface area contributed by atoms with Crippen molar-refractivity contribution < 1.29 is 4.74 Å². The van der Waals surface area contributed by atoms with E-state index in [1.165, 1.54) is 43.7 Å². The van der Waals surface area contributed by atoms with Gasteiger partial charge in [-0.05, 0) is 50.7 Å². The predicted molar refractivity (Wildman–Crippen MR) is 64.1 cm³/mol. The largest absolute Gasteiger partial charge is 0.382 e. The minimum atomic E-state index is 0.795. The zero-order valence-corrected chi connectivity index (χ0v) is 10.1. The summed E-state index contributed by atoms with van der Waals surface area (Å²) in [5.41, 5.74) is 0. The Hall–Kier alpha value is 0.270. The van der Waals surface area contributed by atoms with Gasteiger partial charge in [0.05, 0.1) is 0 Å². The summed E-state index contributed by atoms with van der Waals surface area (Å²) in [7, 11) is 0. The van der Waals surface area contributed by atoms with Crippen LogP contribution in [0.3, 0.4) is 0 Å². The van der Waals surface area contributed by atoms with Crippen LogP contribution in [0.25, 0.3) is 0 Å². The molecule has 0 aliphatic carbocycles. The highest BCUT2D eigenvalue weighted by atomic mass is 32.2. The number of rotatable bonds is 7. The van der Waals surface area contributed by atoms with E-state index in [1.54, 1.807) is 0 Å². The maximum Gasteiger partial charge on any atom is 0.0466 e. The van der Waals surface area contributed by atoms with E-state index in [1.807, 2.05) is 0 Å². The maximum absolute atomic E-state index is 5.29. The lowest BCUT2D eigenvalue weighted by Gasteiger charge is -2.22. The summed E-state index contributed by atoms with van der Waals surface area (Å²) in [5, 5.41) is 3.63. The SMILES string of the molecule is CCOCCCCNC1CCSCC1. The van der Waals surface area contributed by atoms with Crippen LogP contribution >= 0.6 is 11.8 Å². The Bertz CT molecular complexity index is 126. The molecule has 0 saturated carbocycles. The molecule has 0 atom stereocenters. The highest BCUT2D eigenvalue weighted by Gasteiger charge is 2.11. The molecular formula is C11H23NOS. The van der Waals surface area contributed by atoms with Gasteiger partial charge in [0, 0.05) is 19.3 Å². The molecule has 0 aromatic heterocycles. The number of thioether (sulfide) groups is 1. The van der Waals surface area contributed by atoms with E-state index in [2.05, 4.69) is 24.0 Å². The molecule has 0 radical (unpaired) electrons. The molecule has 1 heterocycles. The summed E-state index contributed by atoms with van der Waals surface area (Å²) < 4.78 is 5.29. The van der Waals surface area contributed by atoms with Crippen LogP contribution in [-0.4, -0.2) is 37.3 Å². The average molecular weight is 217 g/mol. The minimum Gasteiger partial charge on any atom is -0.382 e. The quantitative estimate of drug-likeness (QED) is 0.661. The van der Waals surface area contributed by atoms with Gasteiger partial charge in [0.1, 0.15) is 0 Å². The lowest BCUT2D eigenvalue weighted by atomic mass is 10.1. The van der Waals surface area contributed by atoms with Crippen LogP contribution in [-0.2, 0) is 4.74 Å². The Morgan fingerprint density at radius 1 is 1.29 bits per heavy atom. The Labute approximate surface area is 92.2 Å². The first-order valence-corrected chi connectivity index (χ1v) is 6.98. The first-order valence-electron chi connectivity index (χ1n) is 5.82. The molecule has 1 rings (SSSR count). The predicted octanol–water partition coefficient (Wildman–Crippen LogP) is 2.29. The highest BCUT2D eigenvalue weighted by Crippen LogP contribution is 2.16. The van der Waals surface area contributed by atoms with Crippen molar-refractivity contribution in [3.05, 3.63) is 0 Å². The lowest BCUT2D eigenvalue weighted by Crippen LogP contribution is -2.33. The highest BCUT2D eigenvalue weighted by molar-refractivity contribution is 7.99. The number of hydrogen-bond acceptors (Lipinski definition) is 3. The van der Waals surface area contributed by atoms with Crippen LogP contribution in [0.2, 0.25) is 0 Å². The Morgan fingerprint density at radius 3 is 2.79 bits per heavy atom. The summed E-state index contributed by atoms with van der Waals surface area (Å²) in [5.74, 6) is 2.69. The number of nitrogens with one attached hydrogen (secondary N) is 1. The second-order valence-corrected chi connectivity index (χ2v) is 4.97. The van der Waals surface area contributed by atoms with Gasteiger partial charge in [0.15, 0.2) is 0 Å². The van der Waals surface area contributed by atoms with E-state index in [-0.39, 0.29) is 0 Å². The van der Waals surface area contributed by atoms with Crippen molar-refractivity contribution in [2.24, 2.45) is 0 Å². The molecule has 14 heavy (non-hydrogen) atoms. The van der Waals surface area contributed by atoms with E-state index >= 15 is 0 Å². The van der Waals surface area contributed by atoms with Crippen LogP contribution in [0, 0.1) is 0 Å². The second-order valence-electron chi connectivity index (χ2n) is 3.74. The third-order valence-corrected chi connectivity index (χ3v) is 3.62. The summed E-state index contributed by atoms with van der Waals surface area (Å²) >= 11 is 2.09. The number of hydrogen-bond donors (Lipinski definition) is 1. The molecule has 0 unspecified atom stereocenters. The van der Waals surface area contributed by atoms with Crippen LogP contribution < -0.4 is 5.32 Å². The molecule has 0 amide bonds. The van der Waals surface area contributed by atoms with Gasteiger partial charge in [0.25, 0.3) is 0 Å². The molecule has 3 heteroatoms. The summed E-state index contributed by atoms with van der Waals surface area (Å²) in [6.45, 7) is 5.01. The maximum atomic E-state index is 5.29. The summed E-state index contributed by atoms with van der Waals surface area (Å²) in [6.07, 6.45) is 5.16. The van der Waals surface area contributed by atoms with Gasteiger partial charge < -0.3 is 10.1 Å². The second kappa shape index (κ2) is 8.57. The molecule has 0 aromatic carbocycles. The Morgan fingerprint density at radius 2 is 2.07 bits per heavy atom.